The van der Waals surface area contributed by atoms with Gasteiger partial charge in [-0.1, -0.05) is 45.2 Å². The van der Waals surface area contributed by atoms with Crippen LogP contribution in [0.4, 0.5) is 0 Å². The summed E-state index contributed by atoms with van der Waals surface area (Å²) < 4.78 is 33.6. The second-order valence-corrected chi connectivity index (χ2v) is 9.26. The third-order valence-corrected chi connectivity index (χ3v) is 6.47. The van der Waals surface area contributed by atoms with E-state index in [1.54, 1.807) is 22.5 Å². The van der Waals surface area contributed by atoms with E-state index in [1.165, 1.54) is 0 Å². The van der Waals surface area contributed by atoms with Crippen LogP contribution in [0.3, 0.4) is 0 Å². The van der Waals surface area contributed by atoms with Crippen LogP contribution in [0.2, 0.25) is 5.02 Å². The lowest BCUT2D eigenvalue weighted by atomic mass is 9.94. The Labute approximate surface area is 151 Å². The van der Waals surface area contributed by atoms with Gasteiger partial charge >= 0.3 is 0 Å². The van der Waals surface area contributed by atoms with Crippen molar-refractivity contribution in [3.05, 3.63) is 23.2 Å². The molecule has 1 fully saturated rings. The summed E-state index contributed by atoms with van der Waals surface area (Å²) >= 11 is 6.05. The van der Waals surface area contributed by atoms with Gasteiger partial charge in [0, 0.05) is 24.2 Å². The van der Waals surface area contributed by atoms with E-state index in [1.807, 2.05) is 0 Å². The summed E-state index contributed by atoms with van der Waals surface area (Å²) in [4.78, 5) is 0.227. The summed E-state index contributed by atoms with van der Waals surface area (Å²) in [5, 5.41) is 0.486. The first-order chi connectivity index (χ1) is 11.3. The molecule has 0 aromatic heterocycles. The number of nitrogens with zero attached hydrogens (tertiary/aromatic N) is 1. The van der Waals surface area contributed by atoms with E-state index in [9.17, 15) is 8.42 Å². The molecule has 24 heavy (non-hydrogen) atoms. The molecule has 2 rings (SSSR count). The van der Waals surface area contributed by atoms with Crippen molar-refractivity contribution in [3.8, 4) is 5.75 Å². The van der Waals surface area contributed by atoms with E-state index in [-0.39, 0.29) is 4.90 Å². The van der Waals surface area contributed by atoms with Crippen LogP contribution in [0, 0.1) is 11.8 Å². The number of benzene rings is 1. The average molecular weight is 374 g/mol. The highest BCUT2D eigenvalue weighted by Gasteiger charge is 2.33. The quantitative estimate of drug-likeness (QED) is 0.657. The smallest absolute Gasteiger partial charge is 0.246 e. The summed E-state index contributed by atoms with van der Waals surface area (Å²) in [7, 11) is -3.57. The molecule has 1 saturated heterocycles. The lowest BCUT2D eigenvalue weighted by Gasteiger charge is -2.34. The SMILES string of the molecule is CCCCCOc1cc(Cl)ccc1S(=O)(=O)N1CC(C)CC(C)C1. The molecular weight excluding hydrogens is 346 g/mol. The Balaban J connectivity index is 2.25. The largest absolute Gasteiger partial charge is 0.492 e. The summed E-state index contributed by atoms with van der Waals surface area (Å²) in [6, 6.07) is 4.79. The zero-order valence-corrected chi connectivity index (χ0v) is 16.4. The van der Waals surface area contributed by atoms with E-state index >= 15 is 0 Å². The third kappa shape index (κ3) is 4.87. The second-order valence-electron chi connectivity index (χ2n) is 6.91. The Kier molecular flexibility index (Phi) is 6.96. The highest BCUT2D eigenvalue weighted by molar-refractivity contribution is 7.89. The Morgan fingerprint density at radius 2 is 1.88 bits per heavy atom. The standard InChI is InChI=1S/C18H28ClNO3S/c1-4-5-6-9-23-17-11-16(19)7-8-18(17)24(21,22)20-12-14(2)10-15(3)13-20/h7-8,11,14-15H,4-6,9-10,12-13H2,1-3H3. The third-order valence-electron chi connectivity index (χ3n) is 4.36. The minimum Gasteiger partial charge on any atom is -0.492 e. The molecule has 0 amide bonds. The molecule has 1 aromatic carbocycles. The molecule has 1 heterocycles. The maximum absolute atomic E-state index is 13.1. The summed E-state index contributed by atoms with van der Waals surface area (Å²) in [6.07, 6.45) is 4.12. The molecule has 0 spiro atoms. The predicted octanol–water partition coefficient (Wildman–Crippen LogP) is 4.58. The topological polar surface area (TPSA) is 46.6 Å². The van der Waals surface area contributed by atoms with Gasteiger partial charge in [0.25, 0.3) is 0 Å². The minimum atomic E-state index is -3.57. The molecule has 6 heteroatoms. The maximum Gasteiger partial charge on any atom is 0.246 e. The van der Waals surface area contributed by atoms with E-state index in [0.29, 0.717) is 42.3 Å². The fourth-order valence-corrected chi connectivity index (χ4v) is 5.24. The van der Waals surface area contributed by atoms with Crippen LogP contribution in [-0.4, -0.2) is 32.4 Å². The van der Waals surface area contributed by atoms with Crippen molar-refractivity contribution in [2.24, 2.45) is 11.8 Å². The van der Waals surface area contributed by atoms with Crippen molar-refractivity contribution in [1.82, 2.24) is 4.31 Å². The molecule has 0 aliphatic carbocycles. The molecule has 136 valence electrons. The van der Waals surface area contributed by atoms with Crippen molar-refractivity contribution in [2.45, 2.75) is 51.3 Å². The van der Waals surface area contributed by atoms with Crippen LogP contribution in [-0.2, 0) is 10.0 Å². The first-order valence-corrected chi connectivity index (χ1v) is 10.6. The number of unbranched alkanes of at least 4 members (excludes halogenated alkanes) is 2. The maximum atomic E-state index is 13.1. The molecule has 4 nitrogen and oxygen atoms in total. The van der Waals surface area contributed by atoms with Gasteiger partial charge in [-0.15, -0.1) is 0 Å². The van der Waals surface area contributed by atoms with Gasteiger partial charge < -0.3 is 4.74 Å². The Morgan fingerprint density at radius 3 is 2.50 bits per heavy atom. The first kappa shape index (κ1) is 19.5. The minimum absolute atomic E-state index is 0.227. The zero-order chi connectivity index (χ0) is 17.7. The fraction of sp³-hybridized carbons (Fsp3) is 0.667. The van der Waals surface area contributed by atoms with Crippen LogP contribution in [0.1, 0.15) is 46.5 Å². The van der Waals surface area contributed by atoms with Crippen molar-refractivity contribution in [3.63, 3.8) is 0 Å². The van der Waals surface area contributed by atoms with Gasteiger partial charge in [-0.05, 0) is 36.8 Å². The second kappa shape index (κ2) is 8.54. The molecule has 2 unspecified atom stereocenters. The highest BCUT2D eigenvalue weighted by Crippen LogP contribution is 2.33. The van der Waals surface area contributed by atoms with Gasteiger partial charge in [0.05, 0.1) is 6.61 Å². The monoisotopic (exact) mass is 373 g/mol. The normalized spacial score (nSPS) is 22.5. The number of ether oxygens (including phenoxy) is 1. The molecule has 2 atom stereocenters. The van der Waals surface area contributed by atoms with Crippen LogP contribution in [0.25, 0.3) is 0 Å². The summed E-state index contributed by atoms with van der Waals surface area (Å²) in [5.74, 6) is 1.10. The molecular formula is C18H28ClNO3S. The van der Waals surface area contributed by atoms with Crippen molar-refractivity contribution in [1.29, 1.82) is 0 Å². The van der Waals surface area contributed by atoms with Crippen molar-refractivity contribution in [2.75, 3.05) is 19.7 Å². The van der Waals surface area contributed by atoms with Gasteiger partial charge in [0.2, 0.25) is 10.0 Å². The molecule has 0 bridgehead atoms. The summed E-state index contributed by atoms with van der Waals surface area (Å²) in [6.45, 7) is 7.94. The number of piperidine rings is 1. The van der Waals surface area contributed by atoms with Crippen molar-refractivity contribution >= 4 is 21.6 Å². The van der Waals surface area contributed by atoms with Gasteiger partial charge in [-0.3, -0.25) is 0 Å². The molecule has 1 aliphatic rings. The average Bonchev–Trinajstić information content (AvgIpc) is 2.50. The summed E-state index contributed by atoms with van der Waals surface area (Å²) in [5.41, 5.74) is 0. The number of hydrogen-bond acceptors (Lipinski definition) is 3. The van der Waals surface area contributed by atoms with Crippen LogP contribution >= 0.6 is 11.6 Å². The molecule has 0 radical (unpaired) electrons. The van der Waals surface area contributed by atoms with Crippen molar-refractivity contribution < 1.29 is 13.2 Å². The first-order valence-electron chi connectivity index (χ1n) is 8.77. The molecule has 0 N–H and O–H groups in total. The van der Waals surface area contributed by atoms with Crippen LogP contribution in [0.5, 0.6) is 5.75 Å². The lowest BCUT2D eigenvalue weighted by Crippen LogP contribution is -2.42. The van der Waals surface area contributed by atoms with Gasteiger partial charge in [-0.2, -0.15) is 4.31 Å². The Morgan fingerprint density at radius 1 is 1.21 bits per heavy atom. The Hall–Kier alpha value is -0.780. The van der Waals surface area contributed by atoms with Crippen LogP contribution < -0.4 is 4.74 Å². The van der Waals surface area contributed by atoms with Gasteiger partial charge in [-0.25, -0.2) is 8.42 Å². The van der Waals surface area contributed by atoms with E-state index < -0.39 is 10.0 Å². The number of sulfonamides is 1. The van der Waals surface area contributed by atoms with E-state index in [4.69, 9.17) is 16.3 Å². The van der Waals surface area contributed by atoms with Crippen LogP contribution in [0.15, 0.2) is 23.1 Å². The highest BCUT2D eigenvalue weighted by atomic mass is 35.5. The van der Waals surface area contributed by atoms with E-state index in [2.05, 4.69) is 20.8 Å². The Bertz CT molecular complexity index is 638. The fourth-order valence-electron chi connectivity index (χ4n) is 3.28. The lowest BCUT2D eigenvalue weighted by molar-refractivity contribution is 0.221. The molecule has 1 aromatic rings. The van der Waals surface area contributed by atoms with E-state index in [0.717, 1.165) is 25.7 Å². The van der Waals surface area contributed by atoms with Gasteiger partial charge in [0.1, 0.15) is 10.6 Å². The number of halogens is 1. The molecule has 0 saturated carbocycles. The zero-order valence-electron chi connectivity index (χ0n) is 14.8. The predicted molar refractivity (Wildman–Crippen MR) is 98.2 cm³/mol. The number of hydrogen-bond donors (Lipinski definition) is 0. The molecule has 1 aliphatic heterocycles. The number of rotatable bonds is 7. The van der Waals surface area contributed by atoms with Gasteiger partial charge in [0.15, 0.2) is 0 Å².